The number of anilines is 1. The molecule has 0 aliphatic carbocycles. The van der Waals surface area contributed by atoms with E-state index in [-0.39, 0.29) is 0 Å². The van der Waals surface area contributed by atoms with Crippen molar-refractivity contribution in [1.82, 2.24) is 14.8 Å². The number of aromatic nitrogens is 3. The second-order valence-corrected chi connectivity index (χ2v) is 7.15. The highest BCUT2D eigenvalue weighted by Crippen LogP contribution is 2.39. The molecule has 0 radical (unpaired) electrons. The maximum atomic E-state index is 6.42. The van der Waals surface area contributed by atoms with Crippen LogP contribution in [0.3, 0.4) is 0 Å². The van der Waals surface area contributed by atoms with Gasteiger partial charge in [-0.05, 0) is 37.6 Å². The van der Waals surface area contributed by atoms with E-state index in [0.717, 1.165) is 41.0 Å². The molecule has 0 bridgehead atoms. The number of benzene rings is 1. The van der Waals surface area contributed by atoms with Gasteiger partial charge < -0.3 is 4.90 Å². The molecule has 1 aliphatic heterocycles. The Morgan fingerprint density at radius 3 is 2.75 bits per heavy atom. The number of rotatable bonds is 2. The van der Waals surface area contributed by atoms with Gasteiger partial charge >= 0.3 is 0 Å². The Hall–Kier alpha value is -1.78. The topological polar surface area (TPSA) is 34.0 Å². The third-order valence-corrected chi connectivity index (χ3v) is 5.32. The van der Waals surface area contributed by atoms with Crippen molar-refractivity contribution in [2.45, 2.75) is 32.9 Å². The third-order valence-electron chi connectivity index (χ3n) is 4.77. The molecule has 0 unspecified atom stereocenters. The molecule has 2 aromatic heterocycles. The molecule has 0 N–H and O–H groups in total. The molecule has 24 heavy (non-hydrogen) atoms. The highest BCUT2D eigenvalue weighted by Gasteiger charge is 2.28. The molecule has 3 aromatic rings. The molecule has 6 heteroatoms. The summed E-state index contributed by atoms with van der Waals surface area (Å²) in [6.07, 6.45) is 1.07. The van der Waals surface area contributed by atoms with Crippen LogP contribution < -0.4 is 4.90 Å². The average molecular weight is 361 g/mol. The van der Waals surface area contributed by atoms with E-state index in [4.69, 9.17) is 33.3 Å². The SMILES string of the molecule is CC[C@H]1Cn2nc(-c3ccc(Cl)cc3Cl)c3nc(C)cc(c32)N1C. The number of nitrogens with zero attached hydrogens (tertiary/aromatic N) is 4. The molecule has 124 valence electrons. The third kappa shape index (κ3) is 2.28. The Morgan fingerprint density at radius 2 is 2.04 bits per heavy atom. The number of aryl methyl sites for hydroxylation is 1. The summed E-state index contributed by atoms with van der Waals surface area (Å²) in [5.74, 6) is 0. The fraction of sp³-hybridized carbons (Fsp3) is 0.333. The van der Waals surface area contributed by atoms with Gasteiger partial charge in [0.05, 0.1) is 17.3 Å². The van der Waals surface area contributed by atoms with E-state index in [9.17, 15) is 0 Å². The second kappa shape index (κ2) is 5.64. The van der Waals surface area contributed by atoms with Crippen LogP contribution in [0.1, 0.15) is 19.0 Å². The summed E-state index contributed by atoms with van der Waals surface area (Å²) >= 11 is 12.5. The van der Waals surface area contributed by atoms with Crippen LogP contribution in [-0.2, 0) is 6.54 Å². The summed E-state index contributed by atoms with van der Waals surface area (Å²) < 4.78 is 2.07. The lowest BCUT2D eigenvalue weighted by atomic mass is 10.1. The minimum absolute atomic E-state index is 0.427. The number of hydrogen-bond donors (Lipinski definition) is 0. The van der Waals surface area contributed by atoms with Gasteiger partial charge in [-0.25, -0.2) is 4.98 Å². The summed E-state index contributed by atoms with van der Waals surface area (Å²) in [5.41, 5.74) is 5.82. The summed E-state index contributed by atoms with van der Waals surface area (Å²) in [6, 6.07) is 8.07. The number of halogens is 2. The Bertz CT molecular complexity index is 948. The number of likely N-dealkylation sites (N-methyl/N-ethyl adjacent to an activating group) is 1. The van der Waals surface area contributed by atoms with E-state index in [0.29, 0.717) is 16.1 Å². The van der Waals surface area contributed by atoms with E-state index >= 15 is 0 Å². The van der Waals surface area contributed by atoms with Crippen LogP contribution in [0, 0.1) is 6.92 Å². The molecular formula is C18H18Cl2N4. The van der Waals surface area contributed by atoms with E-state index in [2.05, 4.69) is 29.6 Å². The molecule has 0 amide bonds. The summed E-state index contributed by atoms with van der Waals surface area (Å²) in [4.78, 5) is 7.10. The van der Waals surface area contributed by atoms with Crippen molar-refractivity contribution < 1.29 is 0 Å². The first-order valence-corrected chi connectivity index (χ1v) is 8.81. The molecule has 1 aliphatic rings. The zero-order valence-electron chi connectivity index (χ0n) is 13.8. The molecule has 0 fully saturated rings. The van der Waals surface area contributed by atoms with Crippen LogP contribution in [0.4, 0.5) is 5.69 Å². The Balaban J connectivity index is 2.02. The van der Waals surface area contributed by atoms with Gasteiger partial charge in [0, 0.05) is 29.4 Å². The summed E-state index contributed by atoms with van der Waals surface area (Å²) in [5, 5.41) is 6.07. The molecule has 3 heterocycles. The second-order valence-electron chi connectivity index (χ2n) is 6.31. The van der Waals surface area contributed by atoms with Gasteiger partial charge in [-0.2, -0.15) is 5.10 Å². The lowest BCUT2D eigenvalue weighted by molar-refractivity contribution is 0.478. The predicted molar refractivity (Wildman–Crippen MR) is 100 cm³/mol. The van der Waals surface area contributed by atoms with Gasteiger partial charge in [-0.3, -0.25) is 4.68 Å². The standard InChI is InChI=1S/C18H18Cl2N4/c1-4-12-9-24-18-15(23(12)3)7-10(2)21-17(18)16(22-24)13-6-5-11(19)8-14(13)20/h5-8,12H,4,9H2,1-3H3/t12-/m0/s1. The maximum Gasteiger partial charge on any atom is 0.120 e. The smallest absolute Gasteiger partial charge is 0.120 e. The highest BCUT2D eigenvalue weighted by molar-refractivity contribution is 6.36. The molecule has 1 atom stereocenters. The van der Waals surface area contributed by atoms with Gasteiger partial charge in [0.25, 0.3) is 0 Å². The van der Waals surface area contributed by atoms with Crippen molar-refractivity contribution in [2.75, 3.05) is 11.9 Å². The molecule has 4 rings (SSSR count). The van der Waals surface area contributed by atoms with Crippen LogP contribution in [0.2, 0.25) is 10.0 Å². The van der Waals surface area contributed by atoms with Crippen molar-refractivity contribution in [3.8, 4) is 11.3 Å². The van der Waals surface area contributed by atoms with Gasteiger partial charge in [0.1, 0.15) is 16.7 Å². The van der Waals surface area contributed by atoms with Gasteiger partial charge in [-0.1, -0.05) is 30.1 Å². The minimum Gasteiger partial charge on any atom is -0.368 e. The Morgan fingerprint density at radius 1 is 1.25 bits per heavy atom. The van der Waals surface area contributed by atoms with Crippen LogP contribution in [-0.4, -0.2) is 27.9 Å². The Labute approximate surface area is 151 Å². The van der Waals surface area contributed by atoms with Gasteiger partial charge in [0.15, 0.2) is 0 Å². The molecule has 0 saturated heterocycles. The molecule has 4 nitrogen and oxygen atoms in total. The van der Waals surface area contributed by atoms with Crippen molar-refractivity contribution in [2.24, 2.45) is 0 Å². The average Bonchev–Trinajstić information content (AvgIpc) is 2.89. The molecule has 0 saturated carbocycles. The minimum atomic E-state index is 0.427. The van der Waals surface area contributed by atoms with E-state index in [1.54, 1.807) is 6.07 Å². The lowest BCUT2D eigenvalue weighted by Crippen LogP contribution is -2.38. The van der Waals surface area contributed by atoms with Crippen molar-refractivity contribution in [3.05, 3.63) is 40.0 Å². The normalized spacial score (nSPS) is 16.9. The van der Waals surface area contributed by atoms with Crippen molar-refractivity contribution in [3.63, 3.8) is 0 Å². The predicted octanol–water partition coefficient (Wildman–Crippen LogP) is 4.94. The number of pyridine rings is 1. The maximum absolute atomic E-state index is 6.42. The zero-order valence-corrected chi connectivity index (χ0v) is 15.4. The first kappa shape index (κ1) is 15.7. The van der Waals surface area contributed by atoms with Gasteiger partial charge in [-0.15, -0.1) is 0 Å². The van der Waals surface area contributed by atoms with Crippen LogP contribution in [0.5, 0.6) is 0 Å². The molecule has 0 spiro atoms. The summed E-state index contributed by atoms with van der Waals surface area (Å²) in [7, 11) is 2.15. The Kier molecular flexibility index (Phi) is 3.70. The van der Waals surface area contributed by atoms with Gasteiger partial charge in [0.2, 0.25) is 0 Å². The van der Waals surface area contributed by atoms with E-state index in [1.165, 1.54) is 5.69 Å². The van der Waals surface area contributed by atoms with E-state index < -0.39 is 0 Å². The molecule has 1 aromatic carbocycles. The first-order valence-electron chi connectivity index (χ1n) is 8.06. The van der Waals surface area contributed by atoms with Crippen LogP contribution in [0.15, 0.2) is 24.3 Å². The van der Waals surface area contributed by atoms with Crippen molar-refractivity contribution in [1.29, 1.82) is 0 Å². The zero-order chi connectivity index (χ0) is 17.0. The number of hydrogen-bond acceptors (Lipinski definition) is 3. The lowest BCUT2D eigenvalue weighted by Gasteiger charge is -2.34. The first-order chi connectivity index (χ1) is 11.5. The van der Waals surface area contributed by atoms with E-state index in [1.807, 2.05) is 19.1 Å². The fourth-order valence-corrected chi connectivity index (χ4v) is 3.97. The quantitative estimate of drug-likeness (QED) is 0.648. The summed E-state index contributed by atoms with van der Waals surface area (Å²) in [6.45, 7) is 5.08. The van der Waals surface area contributed by atoms with Crippen LogP contribution in [0.25, 0.3) is 22.3 Å². The largest absolute Gasteiger partial charge is 0.368 e. The van der Waals surface area contributed by atoms with Crippen molar-refractivity contribution >= 4 is 39.9 Å². The van der Waals surface area contributed by atoms with Crippen LogP contribution >= 0.6 is 23.2 Å². The highest BCUT2D eigenvalue weighted by atomic mass is 35.5. The monoisotopic (exact) mass is 360 g/mol. The molecular weight excluding hydrogens is 343 g/mol. The fourth-order valence-electron chi connectivity index (χ4n) is 3.47.